The largest absolute Gasteiger partial charge is 0.560 e. The highest BCUT2D eigenvalue weighted by Crippen LogP contribution is 2.33. The molecule has 0 aromatic rings. The third-order valence-electron chi connectivity index (χ3n) is 1.44. The predicted molar refractivity (Wildman–Crippen MR) is 24.0 cm³/mol. The molecule has 0 aliphatic carbocycles. The van der Waals surface area contributed by atoms with Crippen molar-refractivity contribution in [2.24, 2.45) is 0 Å². The maximum absolute atomic E-state index is 10.5. The molecule has 7 nitrogen and oxygen atoms in total. The minimum absolute atomic E-state index is 1.20. The molecule has 2 aliphatic rings. The van der Waals surface area contributed by atoms with Crippen molar-refractivity contribution in [1.29, 1.82) is 0 Å². The Bertz CT molecular complexity index is 253. The number of nitrogens with zero attached hydrogens (tertiary/aromatic N) is 1. The van der Waals surface area contributed by atoms with Gasteiger partial charge in [-0.3, -0.25) is 9.47 Å². The second-order valence-corrected chi connectivity index (χ2v) is 1.94. The molecule has 0 bridgehead atoms. The number of carbonyl (C=O) groups excluding carboxylic acids is 4. The minimum atomic E-state index is -1.56. The van der Waals surface area contributed by atoms with Crippen molar-refractivity contribution in [1.82, 2.24) is 0 Å². The van der Waals surface area contributed by atoms with Gasteiger partial charge in [-0.05, 0) is 0 Å². The molecule has 2 aliphatic heterocycles. The van der Waals surface area contributed by atoms with Crippen LogP contribution in [0.4, 0.5) is 19.2 Å². The molecule has 0 aromatic carbocycles. The summed E-state index contributed by atoms with van der Waals surface area (Å²) >= 11 is 0. The highest BCUT2D eigenvalue weighted by Gasteiger charge is 2.83. The highest BCUT2D eigenvalue weighted by molar-refractivity contribution is 6.17. The Hall–Kier alpha value is -1.76. The topological polar surface area (TPSA) is 86.7 Å². The molecule has 2 fully saturated rings. The van der Waals surface area contributed by atoms with Crippen LogP contribution in [0, 0.1) is 0 Å². The minimum Gasteiger partial charge on any atom is -0.294 e. The first kappa shape index (κ1) is 5.98. The molecule has 0 aromatic heterocycles. The standard InChI is InChI=1S/C4NO6/c6-1-5(2(7)10-1)3(8)11-4(5)9/q+1. The van der Waals surface area contributed by atoms with E-state index < -0.39 is 28.9 Å². The summed E-state index contributed by atoms with van der Waals surface area (Å²) in [6.07, 6.45) is -4.79. The lowest BCUT2D eigenvalue weighted by Gasteiger charge is -2.32. The number of imide groups is 6. The number of rotatable bonds is 0. The average Bonchev–Trinajstić information content (AvgIpc) is 1.86. The maximum Gasteiger partial charge on any atom is 0.560 e. The summed E-state index contributed by atoms with van der Waals surface area (Å²) in [5, 5.41) is 0. The van der Waals surface area contributed by atoms with Crippen molar-refractivity contribution in [3.05, 3.63) is 0 Å². The summed E-state index contributed by atoms with van der Waals surface area (Å²) in [6.45, 7) is 0. The number of ether oxygens (including phenoxy) is 2. The van der Waals surface area contributed by atoms with Gasteiger partial charge in [-0.2, -0.15) is 19.2 Å². The molecule has 0 unspecified atom stereocenters. The summed E-state index contributed by atoms with van der Waals surface area (Å²) in [5.41, 5.74) is 0. The molecule has 0 radical (unpaired) electrons. The number of cyclic esters (lactones) is 4. The molecule has 7 heteroatoms. The summed E-state index contributed by atoms with van der Waals surface area (Å²) in [7, 11) is 0. The van der Waals surface area contributed by atoms with Crippen molar-refractivity contribution >= 4 is 24.4 Å². The van der Waals surface area contributed by atoms with Gasteiger partial charge in [-0.15, -0.1) is 0 Å². The zero-order chi connectivity index (χ0) is 8.22. The number of amides is 4. The van der Waals surface area contributed by atoms with Crippen LogP contribution in [0.2, 0.25) is 0 Å². The molecule has 1 spiro atoms. The lowest BCUT2D eigenvalue weighted by molar-refractivity contribution is -0.704. The Balaban J connectivity index is 2.49. The predicted octanol–water partition coefficient (Wildman–Crippen LogP) is 0.344. The van der Waals surface area contributed by atoms with Crippen LogP contribution in [-0.4, -0.2) is 28.9 Å². The van der Waals surface area contributed by atoms with Gasteiger partial charge in [-0.25, -0.2) is 0 Å². The Morgan fingerprint density at radius 2 is 1.00 bits per heavy atom. The van der Waals surface area contributed by atoms with Crippen molar-refractivity contribution < 1.29 is 33.1 Å². The summed E-state index contributed by atoms with van der Waals surface area (Å²) in [5.74, 6) is 0. The molecular formula is C4NO6+. The van der Waals surface area contributed by atoms with Gasteiger partial charge in [0.2, 0.25) is 0 Å². The van der Waals surface area contributed by atoms with Crippen LogP contribution in [-0.2, 0) is 9.47 Å². The fraction of sp³-hybridized carbons (Fsp3) is 0. The van der Waals surface area contributed by atoms with Crippen LogP contribution in [0.25, 0.3) is 0 Å². The van der Waals surface area contributed by atoms with Crippen LogP contribution in [0.15, 0.2) is 0 Å². The molecule has 2 heterocycles. The molecule has 4 amide bonds. The normalized spacial score (nSPS) is 25.5. The van der Waals surface area contributed by atoms with Crippen LogP contribution in [0.5, 0.6) is 0 Å². The fourth-order valence-corrected chi connectivity index (χ4v) is 0.792. The van der Waals surface area contributed by atoms with Gasteiger partial charge in [0.15, 0.2) is 0 Å². The van der Waals surface area contributed by atoms with Crippen molar-refractivity contribution in [3.63, 3.8) is 0 Å². The lowest BCUT2D eigenvalue weighted by atomic mass is 10.4. The quantitative estimate of drug-likeness (QED) is 0.373. The first-order valence-electron chi connectivity index (χ1n) is 2.53. The Morgan fingerprint density at radius 3 is 1.09 bits per heavy atom. The zero-order valence-corrected chi connectivity index (χ0v) is 4.90. The van der Waals surface area contributed by atoms with Gasteiger partial charge < -0.3 is 0 Å². The molecule has 56 valence electrons. The molecule has 0 atom stereocenters. The number of carbonyl (C=O) groups is 4. The SMILES string of the molecule is O=C1OC(=O)[N+]12C(=O)OC2=O. The Morgan fingerprint density at radius 1 is 0.727 bits per heavy atom. The molecule has 0 saturated carbocycles. The maximum atomic E-state index is 10.5. The van der Waals surface area contributed by atoms with E-state index in [1.807, 2.05) is 0 Å². The third kappa shape index (κ3) is 0.351. The van der Waals surface area contributed by atoms with Gasteiger partial charge in [-0.1, -0.05) is 0 Å². The lowest BCUT2D eigenvalue weighted by Crippen LogP contribution is -2.79. The zero-order valence-electron chi connectivity index (χ0n) is 4.90. The second kappa shape index (κ2) is 1.30. The van der Waals surface area contributed by atoms with Gasteiger partial charge in [0.1, 0.15) is 0 Å². The Labute approximate surface area is 58.7 Å². The van der Waals surface area contributed by atoms with Crippen LogP contribution < -0.4 is 0 Å². The monoisotopic (exact) mass is 158 g/mol. The van der Waals surface area contributed by atoms with E-state index in [2.05, 4.69) is 9.47 Å². The van der Waals surface area contributed by atoms with E-state index in [4.69, 9.17) is 0 Å². The summed E-state index contributed by atoms with van der Waals surface area (Å²) < 4.78 is 6.06. The van der Waals surface area contributed by atoms with Gasteiger partial charge in [0.05, 0.1) is 4.48 Å². The smallest absolute Gasteiger partial charge is 0.294 e. The molecule has 2 rings (SSSR count). The highest BCUT2D eigenvalue weighted by atomic mass is 16.8. The summed E-state index contributed by atoms with van der Waals surface area (Å²) in [6, 6.07) is 0. The first-order chi connectivity index (χ1) is 5.10. The van der Waals surface area contributed by atoms with Crippen molar-refractivity contribution in [3.8, 4) is 0 Å². The van der Waals surface area contributed by atoms with E-state index in [1.165, 1.54) is 0 Å². The van der Waals surface area contributed by atoms with E-state index in [1.54, 1.807) is 0 Å². The van der Waals surface area contributed by atoms with E-state index in [0.29, 0.717) is 0 Å². The number of hydrogen-bond acceptors (Lipinski definition) is 6. The van der Waals surface area contributed by atoms with Crippen LogP contribution in [0.3, 0.4) is 0 Å². The van der Waals surface area contributed by atoms with Gasteiger partial charge >= 0.3 is 24.4 Å². The molecule has 0 N–H and O–H groups in total. The number of quaternary nitrogens is 1. The van der Waals surface area contributed by atoms with Gasteiger partial charge in [0, 0.05) is 0 Å². The van der Waals surface area contributed by atoms with E-state index >= 15 is 0 Å². The fourth-order valence-electron chi connectivity index (χ4n) is 0.792. The first-order valence-corrected chi connectivity index (χ1v) is 2.53. The molecule has 2 saturated heterocycles. The average molecular weight is 158 g/mol. The van der Waals surface area contributed by atoms with E-state index in [-0.39, 0.29) is 0 Å². The van der Waals surface area contributed by atoms with Crippen LogP contribution >= 0.6 is 0 Å². The third-order valence-corrected chi connectivity index (χ3v) is 1.44. The second-order valence-electron chi connectivity index (χ2n) is 1.94. The van der Waals surface area contributed by atoms with E-state index in [0.717, 1.165) is 0 Å². The Kier molecular flexibility index (Phi) is 0.706. The summed E-state index contributed by atoms with van der Waals surface area (Å²) in [4.78, 5) is 41.9. The van der Waals surface area contributed by atoms with Crippen LogP contribution in [0.1, 0.15) is 0 Å². The van der Waals surface area contributed by atoms with Crippen molar-refractivity contribution in [2.75, 3.05) is 0 Å². The van der Waals surface area contributed by atoms with Gasteiger partial charge in [0.25, 0.3) is 0 Å². The molecule has 11 heavy (non-hydrogen) atoms. The van der Waals surface area contributed by atoms with E-state index in [9.17, 15) is 19.2 Å². The molecular weight excluding hydrogens is 158 g/mol. The number of hydrogen-bond donors (Lipinski definition) is 0. The van der Waals surface area contributed by atoms with Crippen molar-refractivity contribution in [2.45, 2.75) is 0 Å².